The lowest BCUT2D eigenvalue weighted by Crippen LogP contribution is -2.15. The van der Waals surface area contributed by atoms with E-state index >= 15 is 0 Å². The first-order valence-electron chi connectivity index (χ1n) is 8.75. The summed E-state index contributed by atoms with van der Waals surface area (Å²) in [6.07, 6.45) is 2.47. The maximum Gasteiger partial charge on any atom is 0.227 e. The summed E-state index contributed by atoms with van der Waals surface area (Å²) in [5, 5.41) is 14.9. The molecule has 0 unspecified atom stereocenters. The fourth-order valence-electron chi connectivity index (χ4n) is 2.73. The Morgan fingerprint density at radius 1 is 1.22 bits per heavy atom. The van der Waals surface area contributed by atoms with Gasteiger partial charge in [-0.1, -0.05) is 34.1 Å². The molecule has 2 aromatic carbocycles. The predicted octanol–water partition coefficient (Wildman–Crippen LogP) is 3.85. The van der Waals surface area contributed by atoms with Gasteiger partial charge < -0.3 is 10.1 Å². The maximum atomic E-state index is 12.2. The summed E-state index contributed by atoms with van der Waals surface area (Å²) in [4.78, 5) is 12.2. The van der Waals surface area contributed by atoms with Gasteiger partial charge in [0.2, 0.25) is 5.91 Å². The number of carbonyl (C=O) groups excluding carboxylic acids is 1. The number of aromatic nitrogens is 4. The summed E-state index contributed by atoms with van der Waals surface area (Å²) in [7, 11) is 0. The van der Waals surface area contributed by atoms with E-state index in [4.69, 9.17) is 4.74 Å². The Morgan fingerprint density at radius 2 is 2.07 bits per heavy atom. The van der Waals surface area contributed by atoms with E-state index in [9.17, 15) is 4.79 Å². The minimum absolute atomic E-state index is 0.107. The summed E-state index contributed by atoms with van der Waals surface area (Å²) < 4.78 is 8.40. The topological polar surface area (TPSA) is 81.9 Å². The molecule has 7 nitrogen and oxygen atoms in total. The minimum atomic E-state index is -0.107. The highest BCUT2D eigenvalue weighted by Gasteiger charge is 2.28. The Hall–Kier alpha value is -2.74. The predicted molar refractivity (Wildman–Crippen MR) is 104 cm³/mol. The molecule has 1 aromatic heterocycles. The number of hydrogen-bond donors (Lipinski definition) is 1. The van der Waals surface area contributed by atoms with E-state index in [0.29, 0.717) is 18.3 Å². The molecule has 4 rings (SSSR count). The molecule has 8 heteroatoms. The van der Waals surface area contributed by atoms with Gasteiger partial charge in [-0.3, -0.25) is 4.79 Å². The minimum Gasteiger partial charge on any atom is -0.493 e. The highest BCUT2D eigenvalue weighted by molar-refractivity contribution is 9.10. The van der Waals surface area contributed by atoms with Crippen molar-refractivity contribution in [2.45, 2.75) is 25.3 Å². The van der Waals surface area contributed by atoms with Gasteiger partial charge in [0, 0.05) is 15.7 Å². The second-order valence-electron chi connectivity index (χ2n) is 6.36. The molecule has 1 amide bonds. The SMILES string of the molecule is O=C(CCOc1cccc(Br)c1)Nc1cccc(-c2nnnn2C2CC2)c1. The number of benzene rings is 2. The van der Waals surface area contributed by atoms with E-state index in [0.717, 1.165) is 34.5 Å². The van der Waals surface area contributed by atoms with Gasteiger partial charge in [0.15, 0.2) is 5.82 Å². The summed E-state index contributed by atoms with van der Waals surface area (Å²) in [6.45, 7) is 0.307. The monoisotopic (exact) mass is 427 g/mol. The van der Waals surface area contributed by atoms with Crippen molar-refractivity contribution in [3.63, 3.8) is 0 Å². The van der Waals surface area contributed by atoms with E-state index in [2.05, 4.69) is 36.8 Å². The molecule has 1 heterocycles. The molecule has 1 aliphatic rings. The molecule has 1 N–H and O–H groups in total. The number of amides is 1. The molecular formula is C19H18BrN5O2. The Balaban J connectivity index is 1.35. The van der Waals surface area contributed by atoms with E-state index in [1.807, 2.05) is 53.2 Å². The molecule has 1 saturated carbocycles. The van der Waals surface area contributed by atoms with Gasteiger partial charge in [-0.25, -0.2) is 4.68 Å². The van der Waals surface area contributed by atoms with Gasteiger partial charge in [-0.05, 0) is 53.6 Å². The van der Waals surface area contributed by atoms with E-state index in [1.54, 1.807) is 0 Å². The number of ether oxygens (including phenoxy) is 1. The average Bonchev–Trinajstić information content (AvgIpc) is 3.38. The molecule has 0 spiro atoms. The zero-order valence-electron chi connectivity index (χ0n) is 14.5. The number of tetrazole rings is 1. The van der Waals surface area contributed by atoms with E-state index in [-0.39, 0.29) is 12.3 Å². The third kappa shape index (κ3) is 4.51. The lowest BCUT2D eigenvalue weighted by molar-refractivity contribution is -0.116. The number of rotatable bonds is 7. The van der Waals surface area contributed by atoms with Crippen LogP contribution in [0.3, 0.4) is 0 Å². The van der Waals surface area contributed by atoms with Crippen LogP contribution in [0.4, 0.5) is 5.69 Å². The van der Waals surface area contributed by atoms with Crippen molar-refractivity contribution in [1.82, 2.24) is 20.2 Å². The summed E-state index contributed by atoms with van der Waals surface area (Å²) in [6, 6.07) is 15.5. The van der Waals surface area contributed by atoms with Crippen LogP contribution in [-0.2, 0) is 4.79 Å². The standard InChI is InChI=1S/C19H18BrN5O2/c20-14-4-2-6-17(12-14)27-10-9-18(26)21-15-5-1-3-13(11-15)19-22-23-24-25(19)16-7-8-16/h1-6,11-12,16H,7-10H2,(H,21,26). The first-order chi connectivity index (χ1) is 13.2. The zero-order chi connectivity index (χ0) is 18.6. The Labute approximate surface area is 164 Å². The van der Waals surface area contributed by atoms with Crippen LogP contribution >= 0.6 is 15.9 Å². The van der Waals surface area contributed by atoms with Crippen LogP contribution < -0.4 is 10.1 Å². The molecule has 0 radical (unpaired) electrons. The number of nitrogens with zero attached hydrogens (tertiary/aromatic N) is 4. The van der Waals surface area contributed by atoms with Crippen molar-refractivity contribution in [2.24, 2.45) is 0 Å². The Morgan fingerprint density at radius 3 is 2.89 bits per heavy atom. The van der Waals surface area contributed by atoms with Crippen molar-refractivity contribution in [3.8, 4) is 17.1 Å². The quantitative estimate of drug-likeness (QED) is 0.619. The van der Waals surface area contributed by atoms with Crippen LogP contribution in [0.1, 0.15) is 25.3 Å². The number of anilines is 1. The summed E-state index contributed by atoms with van der Waals surface area (Å²) in [5.74, 6) is 1.35. The second kappa shape index (κ2) is 7.87. The van der Waals surface area contributed by atoms with Crippen molar-refractivity contribution in [2.75, 3.05) is 11.9 Å². The zero-order valence-corrected chi connectivity index (χ0v) is 16.1. The fraction of sp³-hybridized carbons (Fsp3) is 0.263. The lowest BCUT2D eigenvalue weighted by atomic mass is 10.2. The maximum absolute atomic E-state index is 12.2. The van der Waals surface area contributed by atoms with Crippen LogP contribution in [0.25, 0.3) is 11.4 Å². The van der Waals surface area contributed by atoms with Crippen LogP contribution in [0.5, 0.6) is 5.75 Å². The van der Waals surface area contributed by atoms with Crippen LogP contribution in [0.15, 0.2) is 53.0 Å². The molecule has 0 bridgehead atoms. The molecule has 27 heavy (non-hydrogen) atoms. The van der Waals surface area contributed by atoms with Crippen molar-refractivity contribution in [3.05, 3.63) is 53.0 Å². The molecule has 3 aromatic rings. The first kappa shape index (κ1) is 17.7. The number of carbonyl (C=O) groups is 1. The van der Waals surface area contributed by atoms with Crippen molar-refractivity contribution in [1.29, 1.82) is 0 Å². The average molecular weight is 428 g/mol. The van der Waals surface area contributed by atoms with E-state index in [1.165, 1.54) is 0 Å². The third-order valence-corrected chi connectivity index (χ3v) is 4.68. The summed E-state index contributed by atoms with van der Waals surface area (Å²) in [5.41, 5.74) is 1.60. The van der Waals surface area contributed by atoms with E-state index < -0.39 is 0 Å². The lowest BCUT2D eigenvalue weighted by Gasteiger charge is -2.09. The molecule has 0 aliphatic heterocycles. The summed E-state index contributed by atoms with van der Waals surface area (Å²) >= 11 is 3.39. The molecule has 1 fully saturated rings. The second-order valence-corrected chi connectivity index (χ2v) is 7.28. The Bertz CT molecular complexity index is 955. The van der Waals surface area contributed by atoms with Crippen LogP contribution in [-0.4, -0.2) is 32.7 Å². The van der Waals surface area contributed by atoms with Crippen LogP contribution in [0.2, 0.25) is 0 Å². The first-order valence-corrected chi connectivity index (χ1v) is 9.55. The largest absolute Gasteiger partial charge is 0.493 e. The molecular weight excluding hydrogens is 410 g/mol. The smallest absolute Gasteiger partial charge is 0.227 e. The van der Waals surface area contributed by atoms with Gasteiger partial charge in [0.25, 0.3) is 0 Å². The van der Waals surface area contributed by atoms with Gasteiger partial charge >= 0.3 is 0 Å². The van der Waals surface area contributed by atoms with Crippen LogP contribution in [0, 0.1) is 0 Å². The third-order valence-electron chi connectivity index (χ3n) is 4.18. The van der Waals surface area contributed by atoms with Crippen molar-refractivity contribution < 1.29 is 9.53 Å². The Kier molecular flexibility index (Phi) is 5.15. The van der Waals surface area contributed by atoms with Gasteiger partial charge in [0.1, 0.15) is 5.75 Å². The highest BCUT2D eigenvalue weighted by Crippen LogP contribution is 2.36. The van der Waals surface area contributed by atoms with Gasteiger partial charge in [0.05, 0.1) is 19.1 Å². The van der Waals surface area contributed by atoms with Gasteiger partial charge in [-0.15, -0.1) is 5.10 Å². The fourth-order valence-corrected chi connectivity index (χ4v) is 3.10. The molecule has 0 atom stereocenters. The molecule has 0 saturated heterocycles. The highest BCUT2D eigenvalue weighted by atomic mass is 79.9. The van der Waals surface area contributed by atoms with Crippen molar-refractivity contribution >= 4 is 27.5 Å². The number of hydrogen-bond acceptors (Lipinski definition) is 5. The van der Waals surface area contributed by atoms with Gasteiger partial charge in [-0.2, -0.15) is 0 Å². The molecule has 138 valence electrons. The normalized spacial score (nSPS) is 13.4. The number of nitrogens with one attached hydrogen (secondary N) is 1. The number of halogens is 1. The molecule has 1 aliphatic carbocycles.